The van der Waals surface area contributed by atoms with Crippen molar-refractivity contribution in [2.24, 2.45) is 0 Å². The Hall–Kier alpha value is -1.30. The minimum absolute atomic E-state index is 0.0468. The van der Waals surface area contributed by atoms with Crippen LogP contribution >= 0.6 is 34.8 Å². The number of carbonyl (C=O) groups excluding carboxylic acids is 1. The molecule has 4 nitrogen and oxygen atoms in total. The van der Waals surface area contributed by atoms with Gasteiger partial charge in [0, 0.05) is 24.7 Å². The van der Waals surface area contributed by atoms with Crippen LogP contribution in [0.25, 0.3) is 0 Å². The summed E-state index contributed by atoms with van der Waals surface area (Å²) in [5.41, 5.74) is 1.34. The molecule has 1 amide bonds. The summed E-state index contributed by atoms with van der Waals surface area (Å²) in [5.74, 6) is -0.261. The monoisotopic (exact) mass is 412 g/mol. The number of hydrogen-bond donors (Lipinski definition) is 1. The van der Waals surface area contributed by atoms with E-state index in [1.165, 1.54) is 0 Å². The fourth-order valence-electron chi connectivity index (χ4n) is 3.03. The summed E-state index contributed by atoms with van der Waals surface area (Å²) < 4.78 is 5.45. The highest BCUT2D eigenvalue weighted by Crippen LogP contribution is 2.29. The number of rotatable bonds is 5. The van der Waals surface area contributed by atoms with Crippen molar-refractivity contribution in [3.63, 3.8) is 0 Å². The molecule has 0 radical (unpaired) electrons. The van der Waals surface area contributed by atoms with Crippen molar-refractivity contribution in [2.75, 3.05) is 32.8 Å². The molecule has 0 spiro atoms. The summed E-state index contributed by atoms with van der Waals surface area (Å²) in [6, 6.07) is 12.7. The van der Waals surface area contributed by atoms with Crippen LogP contribution in [0, 0.1) is 0 Å². The van der Waals surface area contributed by atoms with Crippen molar-refractivity contribution in [3.05, 3.63) is 68.7 Å². The number of ether oxygens (including phenoxy) is 1. The van der Waals surface area contributed by atoms with Gasteiger partial charge in [-0.2, -0.15) is 0 Å². The maximum Gasteiger partial charge on any atom is 0.252 e. The lowest BCUT2D eigenvalue weighted by atomic mass is 10.0. The van der Waals surface area contributed by atoms with E-state index >= 15 is 0 Å². The van der Waals surface area contributed by atoms with Crippen molar-refractivity contribution in [3.8, 4) is 0 Å². The molecule has 1 N–H and O–H groups in total. The molecule has 0 bridgehead atoms. The highest BCUT2D eigenvalue weighted by atomic mass is 35.5. The average Bonchev–Trinajstić information content (AvgIpc) is 2.66. The second-order valence-corrected chi connectivity index (χ2v) is 7.19. The van der Waals surface area contributed by atoms with E-state index in [0.29, 0.717) is 35.4 Å². The SMILES string of the molecule is O=C(NCC(c1ccccc1Cl)N1CCOCC1)c1cccc(Cl)c1Cl. The fraction of sp³-hybridized carbons (Fsp3) is 0.316. The molecule has 1 fully saturated rings. The molecule has 1 unspecified atom stereocenters. The van der Waals surface area contributed by atoms with E-state index in [1.54, 1.807) is 18.2 Å². The Labute approximate surface area is 168 Å². The maximum absolute atomic E-state index is 12.6. The Kier molecular flexibility index (Phi) is 6.79. The first kappa shape index (κ1) is 19.5. The molecule has 0 aromatic heterocycles. The first-order valence-corrected chi connectivity index (χ1v) is 9.49. The lowest BCUT2D eigenvalue weighted by Crippen LogP contribution is -2.44. The van der Waals surface area contributed by atoms with Crippen LogP contribution in [0.2, 0.25) is 15.1 Å². The molecule has 7 heteroatoms. The third-order valence-corrected chi connectivity index (χ3v) is 5.57. The molecule has 0 aliphatic carbocycles. The Morgan fingerprint density at radius 2 is 1.73 bits per heavy atom. The quantitative estimate of drug-likeness (QED) is 0.787. The van der Waals surface area contributed by atoms with Crippen LogP contribution in [0.1, 0.15) is 22.0 Å². The largest absolute Gasteiger partial charge is 0.379 e. The third kappa shape index (κ3) is 4.51. The van der Waals surface area contributed by atoms with E-state index in [-0.39, 0.29) is 17.0 Å². The van der Waals surface area contributed by atoms with Gasteiger partial charge in [-0.3, -0.25) is 9.69 Å². The average molecular weight is 414 g/mol. The minimum Gasteiger partial charge on any atom is -0.379 e. The van der Waals surface area contributed by atoms with Crippen LogP contribution in [-0.2, 0) is 4.74 Å². The van der Waals surface area contributed by atoms with E-state index in [2.05, 4.69) is 10.2 Å². The van der Waals surface area contributed by atoms with Gasteiger partial charge in [0.2, 0.25) is 0 Å². The summed E-state index contributed by atoms with van der Waals surface area (Å²) in [6.45, 7) is 3.29. The van der Waals surface area contributed by atoms with Crippen LogP contribution in [0.4, 0.5) is 0 Å². The van der Waals surface area contributed by atoms with Crippen LogP contribution < -0.4 is 5.32 Å². The molecular weight excluding hydrogens is 395 g/mol. The van der Waals surface area contributed by atoms with Gasteiger partial charge < -0.3 is 10.1 Å². The number of halogens is 3. The number of nitrogens with one attached hydrogen (secondary N) is 1. The Morgan fingerprint density at radius 3 is 2.46 bits per heavy atom. The summed E-state index contributed by atoms with van der Waals surface area (Å²) in [5, 5.41) is 4.26. The number of hydrogen-bond acceptors (Lipinski definition) is 3. The van der Waals surface area contributed by atoms with E-state index < -0.39 is 0 Å². The van der Waals surface area contributed by atoms with Gasteiger partial charge in [-0.25, -0.2) is 0 Å². The van der Waals surface area contributed by atoms with E-state index in [0.717, 1.165) is 18.7 Å². The lowest BCUT2D eigenvalue weighted by molar-refractivity contribution is 0.0162. The molecular formula is C19H19Cl3N2O2. The van der Waals surface area contributed by atoms with Gasteiger partial charge in [-0.15, -0.1) is 0 Å². The second kappa shape index (κ2) is 9.07. The molecule has 1 heterocycles. The summed E-state index contributed by atoms with van der Waals surface area (Å²) in [7, 11) is 0. The predicted molar refractivity (Wildman–Crippen MR) is 105 cm³/mol. The summed E-state index contributed by atoms with van der Waals surface area (Å²) in [4.78, 5) is 14.9. The summed E-state index contributed by atoms with van der Waals surface area (Å²) in [6.07, 6.45) is 0. The smallest absolute Gasteiger partial charge is 0.252 e. The Morgan fingerprint density at radius 1 is 1.04 bits per heavy atom. The van der Waals surface area contributed by atoms with Gasteiger partial charge in [0.25, 0.3) is 5.91 Å². The first-order valence-electron chi connectivity index (χ1n) is 8.36. The van der Waals surface area contributed by atoms with E-state index in [9.17, 15) is 4.79 Å². The molecule has 1 atom stereocenters. The van der Waals surface area contributed by atoms with Gasteiger partial charge in [0.05, 0.1) is 34.9 Å². The number of carbonyl (C=O) groups is 1. The zero-order chi connectivity index (χ0) is 18.5. The van der Waals surface area contributed by atoms with Gasteiger partial charge in [0.1, 0.15) is 0 Å². The Bertz CT molecular complexity index is 779. The molecule has 26 heavy (non-hydrogen) atoms. The van der Waals surface area contributed by atoms with Crippen molar-refractivity contribution >= 4 is 40.7 Å². The van der Waals surface area contributed by atoms with Crippen molar-refractivity contribution in [1.29, 1.82) is 0 Å². The number of amides is 1. The van der Waals surface area contributed by atoms with Gasteiger partial charge >= 0.3 is 0 Å². The molecule has 3 rings (SSSR count). The molecule has 1 aliphatic rings. The van der Waals surface area contributed by atoms with Crippen LogP contribution in [0.5, 0.6) is 0 Å². The number of nitrogens with zero attached hydrogens (tertiary/aromatic N) is 1. The standard InChI is InChI=1S/C19H19Cl3N2O2/c20-15-6-2-1-4-13(15)17(24-8-10-26-11-9-24)12-23-19(25)14-5-3-7-16(21)18(14)22/h1-7,17H,8-12H2,(H,23,25). The highest BCUT2D eigenvalue weighted by Gasteiger charge is 2.25. The van der Waals surface area contributed by atoms with Crippen molar-refractivity contribution < 1.29 is 9.53 Å². The summed E-state index contributed by atoms with van der Waals surface area (Å²) >= 11 is 18.6. The molecule has 2 aromatic carbocycles. The maximum atomic E-state index is 12.6. The lowest BCUT2D eigenvalue weighted by Gasteiger charge is -2.35. The van der Waals surface area contributed by atoms with Gasteiger partial charge in [0.15, 0.2) is 0 Å². The highest BCUT2D eigenvalue weighted by molar-refractivity contribution is 6.43. The normalized spacial score (nSPS) is 16.3. The van der Waals surface area contributed by atoms with Crippen LogP contribution in [0.3, 0.4) is 0 Å². The molecule has 1 aliphatic heterocycles. The number of benzene rings is 2. The van der Waals surface area contributed by atoms with Crippen molar-refractivity contribution in [1.82, 2.24) is 10.2 Å². The van der Waals surface area contributed by atoms with E-state index in [1.807, 2.05) is 24.3 Å². The Balaban J connectivity index is 1.78. The zero-order valence-electron chi connectivity index (χ0n) is 14.1. The topological polar surface area (TPSA) is 41.6 Å². The zero-order valence-corrected chi connectivity index (χ0v) is 16.3. The predicted octanol–water partition coefficient (Wildman–Crippen LogP) is 4.45. The van der Waals surface area contributed by atoms with E-state index in [4.69, 9.17) is 39.5 Å². The molecule has 2 aromatic rings. The second-order valence-electron chi connectivity index (χ2n) is 6.00. The van der Waals surface area contributed by atoms with Crippen molar-refractivity contribution in [2.45, 2.75) is 6.04 Å². The molecule has 0 saturated carbocycles. The van der Waals surface area contributed by atoms with Gasteiger partial charge in [-0.05, 0) is 23.8 Å². The van der Waals surface area contributed by atoms with Gasteiger partial charge in [-0.1, -0.05) is 59.1 Å². The number of morpholine rings is 1. The van der Waals surface area contributed by atoms with Crippen LogP contribution in [-0.4, -0.2) is 43.7 Å². The third-order valence-electron chi connectivity index (χ3n) is 4.40. The molecule has 138 valence electrons. The first-order chi connectivity index (χ1) is 12.6. The minimum atomic E-state index is -0.261. The fourth-order valence-corrected chi connectivity index (χ4v) is 3.68. The van der Waals surface area contributed by atoms with Crippen LogP contribution in [0.15, 0.2) is 42.5 Å². The molecule has 1 saturated heterocycles.